The number of carbonyl (C=O) groups excluding carboxylic acids is 1. The Morgan fingerprint density at radius 1 is 1.00 bits per heavy atom. The van der Waals surface area contributed by atoms with Crippen molar-refractivity contribution in [2.24, 2.45) is 0 Å². The molecule has 0 heterocycles. The summed E-state index contributed by atoms with van der Waals surface area (Å²) in [5.74, 6) is -2.73. The first-order chi connectivity index (χ1) is 9.76. The molecule has 2 rings (SSSR count). The van der Waals surface area contributed by atoms with Crippen LogP contribution in [0.15, 0.2) is 42.5 Å². The number of ketones is 1. The van der Waals surface area contributed by atoms with Crippen molar-refractivity contribution in [3.63, 3.8) is 0 Å². The maximum Gasteiger partial charge on any atom is 0.269 e. The van der Waals surface area contributed by atoms with Gasteiger partial charge in [0, 0.05) is 11.1 Å². The number of hydrogen-bond acceptors (Lipinski definition) is 3. The topological polar surface area (TPSA) is 71.4 Å². The summed E-state index contributed by atoms with van der Waals surface area (Å²) < 4.78 is 56.8. The van der Waals surface area contributed by atoms with Gasteiger partial charge in [0.2, 0.25) is 0 Å². The predicted molar refractivity (Wildman–Crippen MR) is 71.5 cm³/mol. The molecule has 2 aromatic carbocycles. The second kappa shape index (κ2) is 5.71. The summed E-state index contributed by atoms with van der Waals surface area (Å²) in [5.41, 5.74) is -0.105. The van der Waals surface area contributed by atoms with Gasteiger partial charge in [-0.15, -0.1) is 0 Å². The van der Waals surface area contributed by atoms with Crippen LogP contribution in [-0.2, 0) is 15.9 Å². The van der Waals surface area contributed by atoms with Gasteiger partial charge < -0.3 is 0 Å². The van der Waals surface area contributed by atoms with E-state index in [9.17, 15) is 22.0 Å². The molecule has 0 radical (unpaired) electrons. The van der Waals surface area contributed by atoms with Crippen LogP contribution in [0.25, 0.3) is 0 Å². The molecule has 0 spiro atoms. The summed E-state index contributed by atoms with van der Waals surface area (Å²) in [6.45, 7) is 0. The van der Waals surface area contributed by atoms with Gasteiger partial charge in [0.25, 0.3) is 10.1 Å². The molecule has 110 valence electrons. The van der Waals surface area contributed by atoms with Crippen LogP contribution in [0.4, 0.5) is 8.78 Å². The number of benzene rings is 2. The Hall–Kier alpha value is -2.12. The van der Waals surface area contributed by atoms with Crippen molar-refractivity contribution in [3.8, 4) is 0 Å². The summed E-state index contributed by atoms with van der Waals surface area (Å²) in [5, 5.41) is 0. The minimum absolute atomic E-state index is 0.0689. The molecule has 0 aliphatic heterocycles. The van der Waals surface area contributed by atoms with Crippen LogP contribution in [0.5, 0.6) is 0 Å². The zero-order chi connectivity index (χ0) is 15.6. The Morgan fingerprint density at radius 3 is 2.14 bits per heavy atom. The van der Waals surface area contributed by atoms with Crippen molar-refractivity contribution in [3.05, 3.63) is 70.8 Å². The number of rotatable bonds is 4. The third kappa shape index (κ3) is 3.93. The quantitative estimate of drug-likeness (QED) is 0.696. The van der Waals surface area contributed by atoms with E-state index in [1.165, 1.54) is 12.1 Å². The van der Waals surface area contributed by atoms with E-state index in [2.05, 4.69) is 0 Å². The molecule has 0 aliphatic carbocycles. The van der Waals surface area contributed by atoms with Crippen molar-refractivity contribution in [2.45, 2.75) is 5.75 Å². The molecule has 0 saturated carbocycles. The Balaban J connectivity index is 2.47. The molecule has 1 N–H and O–H groups in total. The van der Waals surface area contributed by atoms with Gasteiger partial charge in [0.15, 0.2) is 5.78 Å². The van der Waals surface area contributed by atoms with E-state index in [4.69, 9.17) is 4.55 Å². The summed E-state index contributed by atoms with van der Waals surface area (Å²) in [6.07, 6.45) is 0. The molecule has 21 heavy (non-hydrogen) atoms. The molecule has 0 unspecified atom stereocenters. The molecular weight excluding hydrogens is 302 g/mol. The van der Waals surface area contributed by atoms with Gasteiger partial charge in [-0.1, -0.05) is 0 Å². The fourth-order valence-electron chi connectivity index (χ4n) is 1.86. The molecular formula is C14H10F2O4S. The SMILES string of the molecule is O=C(c1ccc(F)cc1)c1ccc(F)cc1CS(=O)(=O)O. The summed E-state index contributed by atoms with van der Waals surface area (Å²) in [6, 6.07) is 7.63. The van der Waals surface area contributed by atoms with Crippen LogP contribution in [-0.4, -0.2) is 18.8 Å². The first-order valence-electron chi connectivity index (χ1n) is 5.80. The molecule has 0 bridgehead atoms. The molecule has 7 heteroatoms. The zero-order valence-electron chi connectivity index (χ0n) is 10.6. The maximum absolute atomic E-state index is 13.2. The molecule has 0 fully saturated rings. The standard InChI is InChI=1S/C14H10F2O4S/c15-11-3-1-9(2-4-11)14(17)13-6-5-12(16)7-10(13)8-21(18,19)20/h1-7H,8H2,(H,18,19,20). The van der Waals surface area contributed by atoms with E-state index in [0.717, 1.165) is 30.3 Å². The second-order valence-electron chi connectivity index (χ2n) is 4.36. The summed E-state index contributed by atoms with van der Waals surface area (Å²) in [7, 11) is -4.42. The Morgan fingerprint density at radius 2 is 1.57 bits per heavy atom. The third-order valence-electron chi connectivity index (χ3n) is 2.76. The molecule has 4 nitrogen and oxygen atoms in total. The first-order valence-corrected chi connectivity index (χ1v) is 7.41. The minimum Gasteiger partial charge on any atom is -0.289 e. The highest BCUT2D eigenvalue weighted by molar-refractivity contribution is 7.85. The van der Waals surface area contributed by atoms with Gasteiger partial charge in [0.05, 0.1) is 0 Å². The van der Waals surface area contributed by atoms with E-state index in [1.807, 2.05) is 0 Å². The van der Waals surface area contributed by atoms with Gasteiger partial charge in [-0.3, -0.25) is 9.35 Å². The van der Waals surface area contributed by atoms with E-state index < -0.39 is 33.3 Å². The minimum atomic E-state index is -4.42. The lowest BCUT2D eigenvalue weighted by atomic mass is 9.99. The Labute approximate surface area is 119 Å². The van der Waals surface area contributed by atoms with Gasteiger partial charge in [0.1, 0.15) is 17.4 Å². The van der Waals surface area contributed by atoms with Gasteiger partial charge in [-0.25, -0.2) is 8.78 Å². The fraction of sp³-hybridized carbons (Fsp3) is 0.0714. The van der Waals surface area contributed by atoms with Crippen LogP contribution in [0.3, 0.4) is 0 Å². The lowest BCUT2D eigenvalue weighted by Crippen LogP contribution is -2.10. The molecule has 0 amide bonds. The predicted octanol–water partition coefficient (Wildman–Crippen LogP) is 2.58. The Kier molecular flexibility index (Phi) is 4.15. The first kappa shape index (κ1) is 15.3. The molecule has 2 aromatic rings. The second-order valence-corrected chi connectivity index (χ2v) is 5.82. The lowest BCUT2D eigenvalue weighted by molar-refractivity contribution is 0.103. The van der Waals surface area contributed by atoms with Gasteiger partial charge in [-0.05, 0) is 48.0 Å². The van der Waals surface area contributed by atoms with E-state index in [1.54, 1.807) is 0 Å². The fourth-order valence-corrected chi connectivity index (χ4v) is 2.49. The highest BCUT2D eigenvalue weighted by atomic mass is 32.2. The van der Waals surface area contributed by atoms with E-state index in [-0.39, 0.29) is 16.7 Å². The average Bonchev–Trinajstić information content (AvgIpc) is 2.37. The van der Waals surface area contributed by atoms with Crippen LogP contribution in [0.2, 0.25) is 0 Å². The largest absolute Gasteiger partial charge is 0.289 e. The van der Waals surface area contributed by atoms with E-state index in [0.29, 0.717) is 0 Å². The highest BCUT2D eigenvalue weighted by Crippen LogP contribution is 2.18. The van der Waals surface area contributed by atoms with Crippen molar-refractivity contribution in [1.82, 2.24) is 0 Å². The highest BCUT2D eigenvalue weighted by Gasteiger charge is 2.18. The molecule has 0 aromatic heterocycles. The van der Waals surface area contributed by atoms with Crippen LogP contribution in [0, 0.1) is 11.6 Å². The lowest BCUT2D eigenvalue weighted by Gasteiger charge is -2.08. The normalized spacial score (nSPS) is 11.4. The van der Waals surface area contributed by atoms with Crippen molar-refractivity contribution < 1.29 is 26.5 Å². The van der Waals surface area contributed by atoms with Gasteiger partial charge in [-0.2, -0.15) is 8.42 Å². The van der Waals surface area contributed by atoms with Crippen LogP contribution < -0.4 is 0 Å². The third-order valence-corrected chi connectivity index (χ3v) is 3.43. The summed E-state index contributed by atoms with van der Waals surface area (Å²) in [4.78, 5) is 12.3. The van der Waals surface area contributed by atoms with E-state index >= 15 is 0 Å². The van der Waals surface area contributed by atoms with Crippen molar-refractivity contribution in [2.75, 3.05) is 0 Å². The van der Waals surface area contributed by atoms with Gasteiger partial charge >= 0.3 is 0 Å². The van der Waals surface area contributed by atoms with Crippen LogP contribution >= 0.6 is 0 Å². The molecule has 0 atom stereocenters. The van der Waals surface area contributed by atoms with Crippen LogP contribution in [0.1, 0.15) is 21.5 Å². The average molecular weight is 312 g/mol. The smallest absolute Gasteiger partial charge is 0.269 e. The molecule has 0 aliphatic rings. The van der Waals surface area contributed by atoms with Crippen molar-refractivity contribution in [1.29, 1.82) is 0 Å². The molecule has 0 saturated heterocycles. The zero-order valence-corrected chi connectivity index (χ0v) is 11.4. The monoisotopic (exact) mass is 312 g/mol. The number of hydrogen-bond donors (Lipinski definition) is 1. The van der Waals surface area contributed by atoms with Crippen molar-refractivity contribution >= 4 is 15.9 Å². The number of halogens is 2. The maximum atomic E-state index is 13.2. The number of carbonyl (C=O) groups is 1. The summed E-state index contributed by atoms with van der Waals surface area (Å²) >= 11 is 0. The Bertz CT molecular complexity index is 783.